The number of rotatable bonds is 4. The molecule has 0 atom stereocenters. The number of ketones is 1. The van der Waals surface area contributed by atoms with Crippen molar-refractivity contribution < 1.29 is 4.79 Å². The molecule has 0 aliphatic rings. The van der Waals surface area contributed by atoms with Crippen LogP contribution in [0.3, 0.4) is 0 Å². The van der Waals surface area contributed by atoms with Crippen molar-refractivity contribution in [1.29, 1.82) is 0 Å². The first-order chi connectivity index (χ1) is 8.66. The van der Waals surface area contributed by atoms with Crippen LogP contribution in [0.15, 0.2) is 57.9 Å². The van der Waals surface area contributed by atoms with Gasteiger partial charge in [-0.2, -0.15) is 0 Å². The number of hydrogen-bond donors (Lipinski definition) is 0. The third-order valence-electron chi connectivity index (χ3n) is 2.57. The van der Waals surface area contributed by atoms with Crippen LogP contribution in [0, 0.1) is 6.92 Å². The number of Topliss-reactive ketones (excluding diaryl/α,β-unsaturated/α-hetero) is 1. The zero-order valence-corrected chi connectivity index (χ0v) is 12.4. The van der Waals surface area contributed by atoms with E-state index in [-0.39, 0.29) is 5.78 Å². The van der Waals surface area contributed by atoms with Gasteiger partial charge in [0, 0.05) is 14.9 Å². The van der Waals surface area contributed by atoms with Crippen LogP contribution in [0.25, 0.3) is 0 Å². The van der Waals surface area contributed by atoms with Gasteiger partial charge in [0.2, 0.25) is 0 Å². The lowest BCUT2D eigenvalue weighted by Crippen LogP contribution is -2.02. The molecular weight excluding hydrogens is 308 g/mol. The van der Waals surface area contributed by atoms with Gasteiger partial charge in [-0.3, -0.25) is 4.79 Å². The van der Waals surface area contributed by atoms with Crippen molar-refractivity contribution in [2.75, 3.05) is 5.75 Å². The molecule has 92 valence electrons. The number of benzene rings is 2. The first-order valence-corrected chi connectivity index (χ1v) is 7.42. The van der Waals surface area contributed by atoms with Gasteiger partial charge in [-0.25, -0.2) is 0 Å². The summed E-state index contributed by atoms with van der Waals surface area (Å²) in [5, 5.41) is 0. The molecule has 0 heterocycles. The van der Waals surface area contributed by atoms with Crippen molar-refractivity contribution in [2.45, 2.75) is 11.8 Å². The van der Waals surface area contributed by atoms with E-state index in [1.807, 2.05) is 36.4 Å². The Morgan fingerprint density at radius 3 is 2.44 bits per heavy atom. The summed E-state index contributed by atoms with van der Waals surface area (Å²) < 4.78 is 0.861. The lowest BCUT2D eigenvalue weighted by atomic mass is 10.1. The van der Waals surface area contributed by atoms with Gasteiger partial charge in [-0.1, -0.05) is 51.8 Å². The Bertz CT molecular complexity index is 549. The van der Waals surface area contributed by atoms with E-state index in [1.165, 1.54) is 5.56 Å². The van der Waals surface area contributed by atoms with E-state index >= 15 is 0 Å². The minimum atomic E-state index is 0.146. The van der Waals surface area contributed by atoms with E-state index in [9.17, 15) is 4.79 Å². The Labute approximate surface area is 120 Å². The van der Waals surface area contributed by atoms with Crippen LogP contribution in [0.4, 0.5) is 0 Å². The highest BCUT2D eigenvalue weighted by molar-refractivity contribution is 9.10. The summed E-state index contributed by atoms with van der Waals surface area (Å²) in [6.07, 6.45) is 0. The molecule has 2 rings (SSSR count). The SMILES string of the molecule is Cc1ccc(SCC(=O)c2ccccc2Br)cc1. The summed E-state index contributed by atoms with van der Waals surface area (Å²) in [7, 11) is 0. The lowest BCUT2D eigenvalue weighted by molar-refractivity contribution is 0.102. The van der Waals surface area contributed by atoms with Crippen LogP contribution in [-0.4, -0.2) is 11.5 Å². The number of hydrogen-bond acceptors (Lipinski definition) is 2. The van der Waals surface area contributed by atoms with Crippen molar-refractivity contribution in [1.82, 2.24) is 0 Å². The number of carbonyl (C=O) groups is 1. The molecule has 0 bridgehead atoms. The number of aryl methyl sites for hydroxylation is 1. The van der Waals surface area contributed by atoms with Crippen LogP contribution < -0.4 is 0 Å². The van der Waals surface area contributed by atoms with Gasteiger partial charge in [-0.15, -0.1) is 11.8 Å². The third kappa shape index (κ3) is 3.47. The number of thioether (sulfide) groups is 1. The molecule has 0 fully saturated rings. The Morgan fingerprint density at radius 2 is 1.78 bits per heavy atom. The quantitative estimate of drug-likeness (QED) is 0.598. The number of carbonyl (C=O) groups excluding carboxylic acids is 1. The van der Waals surface area contributed by atoms with Crippen molar-refractivity contribution in [3.8, 4) is 0 Å². The van der Waals surface area contributed by atoms with Gasteiger partial charge in [-0.05, 0) is 25.1 Å². The third-order valence-corrected chi connectivity index (χ3v) is 4.27. The standard InChI is InChI=1S/C15H13BrOS/c1-11-6-8-12(9-7-11)18-10-15(17)13-4-2-3-5-14(13)16/h2-9H,10H2,1H3. The second kappa shape index (κ2) is 6.21. The topological polar surface area (TPSA) is 17.1 Å². The van der Waals surface area contributed by atoms with Crippen molar-refractivity contribution >= 4 is 33.5 Å². The van der Waals surface area contributed by atoms with E-state index in [4.69, 9.17) is 0 Å². The highest BCUT2D eigenvalue weighted by Gasteiger charge is 2.09. The molecule has 0 N–H and O–H groups in total. The molecule has 0 spiro atoms. The highest BCUT2D eigenvalue weighted by atomic mass is 79.9. The smallest absolute Gasteiger partial charge is 0.174 e. The predicted octanol–water partition coefficient (Wildman–Crippen LogP) is 4.73. The Balaban J connectivity index is 2.01. The second-order valence-corrected chi connectivity index (χ2v) is 5.91. The van der Waals surface area contributed by atoms with Crippen LogP contribution in [0.2, 0.25) is 0 Å². The minimum Gasteiger partial charge on any atom is -0.293 e. The fourth-order valence-corrected chi connectivity index (χ4v) is 2.84. The van der Waals surface area contributed by atoms with Gasteiger partial charge in [0.25, 0.3) is 0 Å². The summed E-state index contributed by atoms with van der Waals surface area (Å²) in [6.45, 7) is 2.06. The summed E-state index contributed by atoms with van der Waals surface area (Å²) in [5.74, 6) is 0.610. The van der Waals surface area contributed by atoms with E-state index < -0.39 is 0 Å². The largest absolute Gasteiger partial charge is 0.293 e. The molecule has 3 heteroatoms. The molecule has 0 amide bonds. The molecule has 0 aliphatic carbocycles. The maximum absolute atomic E-state index is 12.1. The van der Waals surface area contributed by atoms with Crippen molar-refractivity contribution in [2.24, 2.45) is 0 Å². The van der Waals surface area contributed by atoms with Gasteiger partial charge >= 0.3 is 0 Å². The Kier molecular flexibility index (Phi) is 4.61. The minimum absolute atomic E-state index is 0.146. The molecular formula is C15H13BrOS. The number of halogens is 1. The molecule has 2 aromatic rings. The van der Waals surface area contributed by atoms with Crippen LogP contribution >= 0.6 is 27.7 Å². The van der Waals surface area contributed by atoms with Gasteiger partial charge in [0.05, 0.1) is 5.75 Å². The zero-order valence-electron chi connectivity index (χ0n) is 10.0. The Hall–Kier alpha value is -1.06. The van der Waals surface area contributed by atoms with E-state index in [2.05, 4.69) is 35.0 Å². The maximum Gasteiger partial charge on any atom is 0.174 e. The first kappa shape index (κ1) is 13.4. The lowest BCUT2D eigenvalue weighted by Gasteiger charge is -2.04. The first-order valence-electron chi connectivity index (χ1n) is 5.64. The average Bonchev–Trinajstić information content (AvgIpc) is 2.38. The molecule has 0 aliphatic heterocycles. The summed E-state index contributed by atoms with van der Waals surface area (Å²) in [4.78, 5) is 13.2. The molecule has 18 heavy (non-hydrogen) atoms. The Morgan fingerprint density at radius 1 is 1.11 bits per heavy atom. The van der Waals surface area contributed by atoms with Crippen molar-refractivity contribution in [3.05, 3.63) is 64.1 Å². The molecule has 0 unspecified atom stereocenters. The van der Waals surface area contributed by atoms with Crippen LogP contribution in [-0.2, 0) is 0 Å². The normalized spacial score (nSPS) is 10.3. The zero-order chi connectivity index (χ0) is 13.0. The molecule has 2 aromatic carbocycles. The average molecular weight is 321 g/mol. The summed E-state index contributed by atoms with van der Waals surface area (Å²) in [6, 6.07) is 15.8. The van der Waals surface area contributed by atoms with E-state index in [0.29, 0.717) is 5.75 Å². The molecule has 0 aromatic heterocycles. The van der Waals surface area contributed by atoms with Crippen LogP contribution in [0.5, 0.6) is 0 Å². The molecule has 0 saturated carbocycles. The highest BCUT2D eigenvalue weighted by Crippen LogP contribution is 2.22. The van der Waals surface area contributed by atoms with Crippen LogP contribution in [0.1, 0.15) is 15.9 Å². The molecule has 0 saturated heterocycles. The summed E-state index contributed by atoms with van der Waals surface area (Å²) >= 11 is 4.97. The van der Waals surface area contributed by atoms with Gasteiger partial charge in [0.1, 0.15) is 0 Å². The second-order valence-electron chi connectivity index (χ2n) is 4.00. The maximum atomic E-state index is 12.1. The predicted molar refractivity (Wildman–Crippen MR) is 80.4 cm³/mol. The van der Waals surface area contributed by atoms with Crippen molar-refractivity contribution in [3.63, 3.8) is 0 Å². The monoisotopic (exact) mass is 320 g/mol. The van der Waals surface area contributed by atoms with E-state index in [0.717, 1.165) is 14.9 Å². The fourth-order valence-electron chi connectivity index (χ4n) is 1.55. The fraction of sp³-hybridized carbons (Fsp3) is 0.133. The molecule has 0 radical (unpaired) electrons. The molecule has 1 nitrogen and oxygen atoms in total. The van der Waals surface area contributed by atoms with Gasteiger partial charge in [0.15, 0.2) is 5.78 Å². The van der Waals surface area contributed by atoms with Gasteiger partial charge < -0.3 is 0 Å². The summed E-state index contributed by atoms with van der Waals surface area (Å²) in [5.41, 5.74) is 1.98. The van der Waals surface area contributed by atoms with E-state index in [1.54, 1.807) is 11.8 Å².